The van der Waals surface area contributed by atoms with Crippen molar-refractivity contribution >= 4 is 33.6 Å². The van der Waals surface area contributed by atoms with Gasteiger partial charge in [-0.3, -0.25) is 9.78 Å². The Kier molecular flexibility index (Phi) is 6.57. The summed E-state index contributed by atoms with van der Waals surface area (Å²) in [6.45, 7) is 7.30. The van der Waals surface area contributed by atoms with Gasteiger partial charge in [-0.05, 0) is 69.5 Å². The lowest BCUT2D eigenvalue weighted by atomic mass is 10.1. The molecule has 1 fully saturated rings. The quantitative estimate of drug-likeness (QED) is 0.661. The van der Waals surface area contributed by atoms with Gasteiger partial charge in [-0.25, -0.2) is 4.79 Å². The summed E-state index contributed by atoms with van der Waals surface area (Å²) in [7, 11) is 0. The van der Waals surface area contributed by atoms with E-state index in [1.54, 1.807) is 34.3 Å². The lowest BCUT2D eigenvalue weighted by Crippen LogP contribution is -2.38. The van der Waals surface area contributed by atoms with Crippen LogP contribution in [-0.2, 0) is 4.74 Å². The second-order valence-corrected chi connectivity index (χ2v) is 9.13. The minimum absolute atomic E-state index is 0.0822. The lowest BCUT2D eigenvalue weighted by Gasteiger charge is -2.27. The van der Waals surface area contributed by atoms with Crippen molar-refractivity contribution in [1.29, 1.82) is 0 Å². The molecule has 6 nitrogen and oxygen atoms in total. The average molecular weight is 460 g/mol. The van der Waals surface area contributed by atoms with E-state index in [-0.39, 0.29) is 17.9 Å². The third kappa shape index (κ3) is 5.79. The van der Waals surface area contributed by atoms with Crippen molar-refractivity contribution in [3.05, 3.63) is 58.8 Å². The van der Waals surface area contributed by atoms with Crippen molar-refractivity contribution in [1.82, 2.24) is 9.88 Å². The highest BCUT2D eigenvalue weighted by Crippen LogP contribution is 2.24. The van der Waals surface area contributed by atoms with Crippen LogP contribution >= 0.6 is 15.9 Å². The van der Waals surface area contributed by atoms with Gasteiger partial charge in [-0.1, -0.05) is 15.9 Å². The van der Waals surface area contributed by atoms with Gasteiger partial charge in [0.1, 0.15) is 5.60 Å². The van der Waals surface area contributed by atoms with Gasteiger partial charge in [0.15, 0.2) is 0 Å². The van der Waals surface area contributed by atoms with Gasteiger partial charge in [0.05, 0.1) is 11.9 Å². The minimum atomic E-state index is -0.519. The number of benzene rings is 1. The van der Waals surface area contributed by atoms with Crippen LogP contribution in [0.15, 0.2) is 53.3 Å². The van der Waals surface area contributed by atoms with Crippen LogP contribution in [0.5, 0.6) is 0 Å². The second kappa shape index (κ2) is 8.95. The maximum Gasteiger partial charge on any atom is 0.410 e. The molecule has 0 spiro atoms. The third-order valence-electron chi connectivity index (χ3n) is 4.67. The maximum atomic E-state index is 13.2. The van der Waals surface area contributed by atoms with E-state index in [1.807, 2.05) is 45.0 Å². The zero-order chi connectivity index (χ0) is 21.0. The summed E-state index contributed by atoms with van der Waals surface area (Å²) in [5.74, 6) is 0.0864. The number of hydrogen-bond donors (Lipinski definition) is 0. The molecule has 0 N–H and O–H groups in total. The smallest absolute Gasteiger partial charge is 0.410 e. The number of anilines is 1. The Labute approximate surface area is 180 Å². The molecule has 0 aliphatic carbocycles. The number of ether oxygens (including phenoxy) is 1. The molecule has 154 valence electrons. The Morgan fingerprint density at radius 2 is 1.97 bits per heavy atom. The number of halogens is 1. The fourth-order valence-corrected chi connectivity index (χ4v) is 3.56. The molecule has 1 aliphatic rings. The molecule has 1 atom stereocenters. The first-order valence-corrected chi connectivity index (χ1v) is 10.5. The average Bonchev–Trinajstić information content (AvgIpc) is 3.14. The van der Waals surface area contributed by atoms with E-state index in [0.29, 0.717) is 25.2 Å². The number of carbonyl (C=O) groups excluding carboxylic acids is 2. The largest absolute Gasteiger partial charge is 0.444 e. The third-order valence-corrected chi connectivity index (χ3v) is 5.20. The van der Waals surface area contributed by atoms with Crippen molar-refractivity contribution in [2.45, 2.75) is 32.8 Å². The fourth-order valence-electron chi connectivity index (χ4n) is 3.30. The van der Waals surface area contributed by atoms with Crippen LogP contribution < -0.4 is 4.90 Å². The van der Waals surface area contributed by atoms with Crippen LogP contribution in [0, 0.1) is 5.92 Å². The van der Waals surface area contributed by atoms with Crippen LogP contribution in [0.3, 0.4) is 0 Å². The fraction of sp³-hybridized carbons (Fsp3) is 0.409. The van der Waals surface area contributed by atoms with E-state index in [4.69, 9.17) is 4.74 Å². The first kappa shape index (κ1) is 21.3. The van der Waals surface area contributed by atoms with Gasteiger partial charge in [-0.2, -0.15) is 0 Å². The molecule has 1 aromatic carbocycles. The van der Waals surface area contributed by atoms with Crippen LogP contribution in [0.4, 0.5) is 10.5 Å². The summed E-state index contributed by atoms with van der Waals surface area (Å²) in [5, 5.41) is 0. The zero-order valence-electron chi connectivity index (χ0n) is 17.0. The van der Waals surface area contributed by atoms with Gasteiger partial charge in [-0.15, -0.1) is 0 Å². The summed E-state index contributed by atoms with van der Waals surface area (Å²) in [5.41, 5.74) is 0.837. The first-order chi connectivity index (χ1) is 13.7. The Balaban J connectivity index is 1.74. The minimum Gasteiger partial charge on any atom is -0.444 e. The second-order valence-electron chi connectivity index (χ2n) is 8.21. The Bertz CT molecular complexity index is 850. The van der Waals surface area contributed by atoms with E-state index >= 15 is 0 Å². The molecule has 0 unspecified atom stereocenters. The molecule has 0 bridgehead atoms. The summed E-state index contributed by atoms with van der Waals surface area (Å²) in [6, 6.07) is 11.0. The molecular weight excluding hydrogens is 434 g/mol. The summed E-state index contributed by atoms with van der Waals surface area (Å²) < 4.78 is 6.40. The van der Waals surface area contributed by atoms with Crippen LogP contribution in [-0.4, -0.2) is 47.1 Å². The van der Waals surface area contributed by atoms with Crippen molar-refractivity contribution in [3.8, 4) is 0 Å². The number of pyridine rings is 1. The Morgan fingerprint density at radius 1 is 1.24 bits per heavy atom. The molecule has 1 aliphatic heterocycles. The van der Waals surface area contributed by atoms with E-state index in [1.165, 1.54) is 0 Å². The molecule has 0 saturated carbocycles. The van der Waals surface area contributed by atoms with E-state index in [0.717, 1.165) is 16.6 Å². The predicted molar refractivity (Wildman–Crippen MR) is 116 cm³/mol. The Hall–Kier alpha value is -2.41. The predicted octanol–water partition coefficient (Wildman–Crippen LogP) is 4.75. The van der Waals surface area contributed by atoms with Crippen molar-refractivity contribution in [3.63, 3.8) is 0 Å². The Morgan fingerprint density at radius 3 is 2.59 bits per heavy atom. The molecule has 2 heterocycles. The monoisotopic (exact) mass is 459 g/mol. The SMILES string of the molecule is CC(C)(C)OC(=O)N1CC[C@@H](CN(C(=O)c2ccc(Br)cc2)c2cccnc2)C1. The van der Waals surface area contributed by atoms with Crippen molar-refractivity contribution in [2.24, 2.45) is 5.92 Å². The van der Waals surface area contributed by atoms with Gasteiger partial charge < -0.3 is 14.5 Å². The normalized spacial score (nSPS) is 16.6. The molecule has 1 saturated heterocycles. The van der Waals surface area contributed by atoms with Gasteiger partial charge in [0.2, 0.25) is 0 Å². The topological polar surface area (TPSA) is 62.7 Å². The summed E-state index contributed by atoms with van der Waals surface area (Å²) in [6.07, 6.45) is 3.90. The van der Waals surface area contributed by atoms with Crippen molar-refractivity contribution < 1.29 is 14.3 Å². The first-order valence-electron chi connectivity index (χ1n) is 9.68. The summed E-state index contributed by atoms with van der Waals surface area (Å²) >= 11 is 3.40. The molecule has 3 rings (SSSR count). The maximum absolute atomic E-state index is 13.2. The summed E-state index contributed by atoms with van der Waals surface area (Å²) in [4.78, 5) is 33.2. The highest BCUT2D eigenvalue weighted by molar-refractivity contribution is 9.10. The molecule has 7 heteroatoms. The molecule has 1 aromatic heterocycles. The van der Waals surface area contributed by atoms with Crippen LogP contribution in [0.1, 0.15) is 37.6 Å². The highest BCUT2D eigenvalue weighted by atomic mass is 79.9. The molecule has 2 aromatic rings. The number of hydrogen-bond acceptors (Lipinski definition) is 4. The number of aromatic nitrogens is 1. The van der Waals surface area contributed by atoms with Crippen LogP contribution in [0.25, 0.3) is 0 Å². The van der Waals surface area contributed by atoms with E-state index in [2.05, 4.69) is 20.9 Å². The molecule has 2 amide bonds. The molecule has 29 heavy (non-hydrogen) atoms. The van der Waals surface area contributed by atoms with Crippen molar-refractivity contribution in [2.75, 3.05) is 24.5 Å². The van der Waals surface area contributed by atoms with E-state index < -0.39 is 5.60 Å². The van der Waals surface area contributed by atoms with Gasteiger partial charge in [0.25, 0.3) is 5.91 Å². The van der Waals surface area contributed by atoms with E-state index in [9.17, 15) is 9.59 Å². The lowest BCUT2D eigenvalue weighted by molar-refractivity contribution is 0.0289. The number of carbonyl (C=O) groups is 2. The van der Waals surface area contributed by atoms with Gasteiger partial charge in [0, 0.05) is 35.9 Å². The molecule has 0 radical (unpaired) electrons. The number of rotatable bonds is 4. The van der Waals surface area contributed by atoms with Crippen LogP contribution in [0.2, 0.25) is 0 Å². The highest BCUT2D eigenvalue weighted by Gasteiger charge is 2.32. The standard InChI is InChI=1S/C22H26BrN3O3/c1-22(2,3)29-21(28)25-12-10-16(14-25)15-26(19-5-4-11-24-13-19)20(27)17-6-8-18(23)9-7-17/h4-9,11,13,16H,10,12,14-15H2,1-3H3/t16-/m1/s1. The number of likely N-dealkylation sites (tertiary alicyclic amines) is 1. The zero-order valence-corrected chi connectivity index (χ0v) is 18.6. The number of amides is 2. The molecular formula is C22H26BrN3O3. The van der Waals surface area contributed by atoms with Gasteiger partial charge >= 0.3 is 6.09 Å². The number of nitrogens with zero attached hydrogens (tertiary/aromatic N) is 3.